The molecular weight excluding hydrogens is 266 g/mol. The third-order valence-corrected chi connectivity index (χ3v) is 3.95. The number of phenols is 2. The van der Waals surface area contributed by atoms with E-state index in [-0.39, 0.29) is 23.7 Å². The fourth-order valence-electron chi connectivity index (χ4n) is 2.92. The molecule has 3 rings (SSSR count). The molecule has 0 unspecified atom stereocenters. The maximum absolute atomic E-state index is 10.1. The van der Waals surface area contributed by atoms with Gasteiger partial charge in [0.25, 0.3) is 0 Å². The van der Waals surface area contributed by atoms with Crippen LogP contribution in [0.3, 0.4) is 0 Å². The lowest BCUT2D eigenvalue weighted by molar-refractivity contribution is -0.0207. The molecule has 0 saturated heterocycles. The SMILES string of the molecule is NC[C@@H]1O[C@H](Cc2ccccc2)Cc2c1ccc(O)c2O. The second-order valence-corrected chi connectivity index (χ2v) is 5.38. The summed E-state index contributed by atoms with van der Waals surface area (Å²) in [7, 11) is 0. The molecule has 0 bridgehead atoms. The number of fused-ring (bicyclic) bond motifs is 1. The highest BCUT2D eigenvalue weighted by Crippen LogP contribution is 2.40. The van der Waals surface area contributed by atoms with E-state index >= 15 is 0 Å². The molecule has 110 valence electrons. The van der Waals surface area contributed by atoms with Gasteiger partial charge in [-0.25, -0.2) is 0 Å². The fourth-order valence-corrected chi connectivity index (χ4v) is 2.92. The summed E-state index contributed by atoms with van der Waals surface area (Å²) in [6, 6.07) is 13.3. The van der Waals surface area contributed by atoms with Crippen LogP contribution in [-0.4, -0.2) is 22.9 Å². The van der Waals surface area contributed by atoms with E-state index in [1.807, 2.05) is 18.2 Å². The highest BCUT2D eigenvalue weighted by Gasteiger charge is 2.29. The van der Waals surface area contributed by atoms with Crippen molar-refractivity contribution in [2.24, 2.45) is 5.73 Å². The average Bonchev–Trinajstić information content (AvgIpc) is 2.51. The Bertz CT molecular complexity index is 627. The van der Waals surface area contributed by atoms with Gasteiger partial charge in [0.2, 0.25) is 0 Å². The van der Waals surface area contributed by atoms with Crippen molar-refractivity contribution in [1.29, 1.82) is 0 Å². The molecule has 0 radical (unpaired) electrons. The van der Waals surface area contributed by atoms with Crippen molar-refractivity contribution < 1.29 is 14.9 Å². The predicted octanol–water partition coefficient (Wildman–Crippen LogP) is 2.28. The van der Waals surface area contributed by atoms with Gasteiger partial charge in [-0.05, 0) is 23.6 Å². The van der Waals surface area contributed by atoms with E-state index in [2.05, 4.69) is 12.1 Å². The zero-order chi connectivity index (χ0) is 14.8. The van der Waals surface area contributed by atoms with Crippen LogP contribution in [0.1, 0.15) is 22.8 Å². The lowest BCUT2D eigenvalue weighted by Gasteiger charge is -2.32. The van der Waals surface area contributed by atoms with Crippen LogP contribution in [0.5, 0.6) is 11.5 Å². The van der Waals surface area contributed by atoms with Gasteiger partial charge in [0.05, 0.1) is 12.2 Å². The maximum Gasteiger partial charge on any atom is 0.161 e. The first-order valence-corrected chi connectivity index (χ1v) is 7.12. The molecule has 0 fully saturated rings. The molecule has 4 heteroatoms. The van der Waals surface area contributed by atoms with Crippen molar-refractivity contribution in [2.45, 2.75) is 25.0 Å². The van der Waals surface area contributed by atoms with Gasteiger partial charge in [-0.3, -0.25) is 0 Å². The summed E-state index contributed by atoms with van der Waals surface area (Å²) < 4.78 is 6.04. The fraction of sp³-hybridized carbons (Fsp3) is 0.294. The molecule has 4 N–H and O–H groups in total. The molecule has 0 spiro atoms. The number of aromatic hydroxyl groups is 2. The van der Waals surface area contributed by atoms with Crippen LogP contribution in [0.15, 0.2) is 42.5 Å². The minimum absolute atomic E-state index is 0.0488. The Balaban J connectivity index is 1.89. The zero-order valence-electron chi connectivity index (χ0n) is 11.7. The van der Waals surface area contributed by atoms with Gasteiger partial charge in [-0.1, -0.05) is 36.4 Å². The third kappa shape index (κ3) is 2.73. The summed E-state index contributed by atoms with van der Waals surface area (Å²) in [6.45, 7) is 0.350. The van der Waals surface area contributed by atoms with E-state index in [1.54, 1.807) is 6.07 Å². The monoisotopic (exact) mass is 285 g/mol. The van der Waals surface area contributed by atoms with Gasteiger partial charge in [-0.15, -0.1) is 0 Å². The van der Waals surface area contributed by atoms with Gasteiger partial charge in [0, 0.05) is 18.5 Å². The van der Waals surface area contributed by atoms with Gasteiger partial charge >= 0.3 is 0 Å². The standard InChI is InChI=1S/C17H19NO3/c18-10-16-13-6-7-15(19)17(20)14(13)9-12(21-16)8-11-4-2-1-3-5-11/h1-7,12,16,19-20H,8-10,18H2/t12-,16+/m1/s1. The van der Waals surface area contributed by atoms with E-state index in [1.165, 1.54) is 11.6 Å². The molecule has 2 atom stereocenters. The Morgan fingerprint density at radius 3 is 2.57 bits per heavy atom. The van der Waals surface area contributed by atoms with Crippen molar-refractivity contribution in [3.63, 3.8) is 0 Å². The second-order valence-electron chi connectivity index (χ2n) is 5.38. The van der Waals surface area contributed by atoms with Crippen LogP contribution in [0, 0.1) is 0 Å². The van der Waals surface area contributed by atoms with Gasteiger partial charge in [0.1, 0.15) is 0 Å². The molecule has 2 aromatic rings. The summed E-state index contributed by atoms with van der Waals surface area (Å²) in [4.78, 5) is 0. The smallest absolute Gasteiger partial charge is 0.161 e. The summed E-state index contributed by atoms with van der Waals surface area (Å²) >= 11 is 0. The number of nitrogens with two attached hydrogens (primary N) is 1. The number of phenolic OH excluding ortho intramolecular Hbond substituents is 2. The molecule has 1 heterocycles. The van der Waals surface area contributed by atoms with Gasteiger partial charge < -0.3 is 20.7 Å². The third-order valence-electron chi connectivity index (χ3n) is 3.95. The van der Waals surface area contributed by atoms with Crippen molar-refractivity contribution in [3.05, 3.63) is 59.2 Å². The molecule has 0 amide bonds. The Morgan fingerprint density at radius 2 is 1.86 bits per heavy atom. The minimum atomic E-state index is -0.242. The van der Waals surface area contributed by atoms with Crippen molar-refractivity contribution in [3.8, 4) is 11.5 Å². The summed E-state index contributed by atoms with van der Waals surface area (Å²) in [5.41, 5.74) is 8.59. The van der Waals surface area contributed by atoms with Gasteiger partial charge in [-0.2, -0.15) is 0 Å². The molecular formula is C17H19NO3. The molecule has 21 heavy (non-hydrogen) atoms. The lowest BCUT2D eigenvalue weighted by Crippen LogP contribution is -2.31. The average molecular weight is 285 g/mol. The first-order valence-electron chi connectivity index (χ1n) is 7.12. The van der Waals surface area contributed by atoms with E-state index in [0.717, 1.165) is 17.5 Å². The van der Waals surface area contributed by atoms with E-state index in [4.69, 9.17) is 10.5 Å². The van der Waals surface area contributed by atoms with Crippen LogP contribution in [-0.2, 0) is 17.6 Å². The maximum atomic E-state index is 10.1. The lowest BCUT2D eigenvalue weighted by atomic mass is 9.90. The van der Waals surface area contributed by atoms with Crippen LogP contribution >= 0.6 is 0 Å². The largest absolute Gasteiger partial charge is 0.504 e. The molecule has 4 nitrogen and oxygen atoms in total. The van der Waals surface area contributed by atoms with Crippen LogP contribution in [0.25, 0.3) is 0 Å². The number of hydrogen-bond donors (Lipinski definition) is 3. The number of hydrogen-bond acceptors (Lipinski definition) is 4. The Kier molecular flexibility index (Phi) is 3.82. The predicted molar refractivity (Wildman–Crippen MR) is 80.3 cm³/mol. The van der Waals surface area contributed by atoms with E-state index in [0.29, 0.717) is 13.0 Å². The molecule has 0 aromatic heterocycles. The summed E-state index contributed by atoms with van der Waals surface area (Å²) in [6.07, 6.45) is 1.03. The zero-order valence-corrected chi connectivity index (χ0v) is 11.7. The molecule has 0 aliphatic carbocycles. The normalized spacial score (nSPS) is 21.0. The van der Waals surface area contributed by atoms with E-state index in [9.17, 15) is 10.2 Å². The minimum Gasteiger partial charge on any atom is -0.504 e. The Hall–Kier alpha value is -2.04. The van der Waals surface area contributed by atoms with Crippen LogP contribution in [0.4, 0.5) is 0 Å². The number of benzene rings is 2. The number of ether oxygens (including phenoxy) is 1. The molecule has 0 saturated carbocycles. The topological polar surface area (TPSA) is 75.7 Å². The van der Waals surface area contributed by atoms with Crippen molar-refractivity contribution in [2.75, 3.05) is 6.54 Å². The number of rotatable bonds is 3. The first-order chi connectivity index (χ1) is 10.2. The molecule has 2 aromatic carbocycles. The first kappa shape index (κ1) is 13.9. The van der Waals surface area contributed by atoms with Crippen molar-refractivity contribution in [1.82, 2.24) is 0 Å². The van der Waals surface area contributed by atoms with E-state index < -0.39 is 0 Å². The quantitative estimate of drug-likeness (QED) is 0.756. The molecule has 1 aliphatic heterocycles. The Labute approximate surface area is 123 Å². The Morgan fingerprint density at radius 1 is 1.10 bits per heavy atom. The highest BCUT2D eigenvalue weighted by atomic mass is 16.5. The van der Waals surface area contributed by atoms with Crippen molar-refractivity contribution >= 4 is 0 Å². The second kappa shape index (κ2) is 5.76. The van der Waals surface area contributed by atoms with Crippen LogP contribution in [0.2, 0.25) is 0 Å². The molecule has 1 aliphatic rings. The van der Waals surface area contributed by atoms with Gasteiger partial charge in [0.15, 0.2) is 11.5 Å². The summed E-state index contributed by atoms with van der Waals surface area (Å²) in [5, 5.41) is 19.8. The summed E-state index contributed by atoms with van der Waals surface area (Å²) in [5.74, 6) is -0.141. The van der Waals surface area contributed by atoms with Crippen LogP contribution < -0.4 is 5.73 Å². The highest BCUT2D eigenvalue weighted by molar-refractivity contribution is 5.51.